The van der Waals surface area contributed by atoms with Crippen molar-refractivity contribution < 1.29 is 0 Å². The highest BCUT2D eigenvalue weighted by Crippen LogP contribution is 2.43. The van der Waals surface area contributed by atoms with Gasteiger partial charge in [0.15, 0.2) is 0 Å². The van der Waals surface area contributed by atoms with Gasteiger partial charge in [-0.05, 0) is 33.1 Å². The molecule has 1 unspecified atom stereocenters. The molecule has 1 rings (SSSR count). The van der Waals surface area contributed by atoms with Gasteiger partial charge in [-0.15, -0.1) is 0 Å². The monoisotopic (exact) mass is 224 g/mol. The number of likely N-dealkylation sites (tertiary alicyclic amines) is 1. The predicted octanol–water partition coefficient (Wildman–Crippen LogP) is 2.99. The SMILES string of the molecule is C=C(N)[C@]1(C)CC(C(C)C)N(C(C)(C)C)C1. The lowest BCUT2D eigenvalue weighted by molar-refractivity contribution is 0.0918. The summed E-state index contributed by atoms with van der Waals surface area (Å²) in [5, 5.41) is 0. The zero-order valence-electron chi connectivity index (χ0n) is 11.8. The van der Waals surface area contributed by atoms with E-state index in [1.54, 1.807) is 0 Å². The number of nitrogens with two attached hydrogens (primary N) is 1. The van der Waals surface area contributed by atoms with Crippen LogP contribution in [0.5, 0.6) is 0 Å². The quantitative estimate of drug-likeness (QED) is 0.781. The van der Waals surface area contributed by atoms with Crippen LogP contribution < -0.4 is 5.73 Å². The molecule has 0 amide bonds. The molecule has 0 aliphatic carbocycles. The molecule has 0 aromatic heterocycles. The first-order valence-corrected chi connectivity index (χ1v) is 6.29. The molecule has 1 aliphatic rings. The minimum Gasteiger partial charge on any atom is -0.402 e. The molecule has 2 nitrogen and oxygen atoms in total. The van der Waals surface area contributed by atoms with Gasteiger partial charge >= 0.3 is 0 Å². The maximum atomic E-state index is 5.98. The van der Waals surface area contributed by atoms with Crippen LogP contribution in [0.15, 0.2) is 12.3 Å². The van der Waals surface area contributed by atoms with E-state index in [2.05, 4.69) is 53.0 Å². The van der Waals surface area contributed by atoms with E-state index in [1.807, 2.05) is 0 Å². The van der Waals surface area contributed by atoms with Crippen LogP contribution in [0.2, 0.25) is 0 Å². The Morgan fingerprint density at radius 1 is 1.44 bits per heavy atom. The summed E-state index contributed by atoms with van der Waals surface area (Å²) in [5.41, 5.74) is 7.11. The summed E-state index contributed by atoms with van der Waals surface area (Å²) in [6.45, 7) is 18.7. The van der Waals surface area contributed by atoms with Crippen molar-refractivity contribution in [2.24, 2.45) is 17.1 Å². The molecular formula is C14H28N2. The van der Waals surface area contributed by atoms with E-state index in [9.17, 15) is 0 Å². The van der Waals surface area contributed by atoms with Crippen LogP contribution in [0.1, 0.15) is 48.0 Å². The summed E-state index contributed by atoms with van der Waals surface area (Å²) >= 11 is 0. The van der Waals surface area contributed by atoms with Crippen LogP contribution in [0.3, 0.4) is 0 Å². The molecule has 1 aliphatic heterocycles. The Labute approximate surface area is 101 Å². The third-order valence-corrected chi connectivity index (χ3v) is 3.99. The second kappa shape index (κ2) is 4.06. The second-order valence-corrected chi connectivity index (χ2v) is 6.90. The summed E-state index contributed by atoms with van der Waals surface area (Å²) in [4.78, 5) is 2.59. The Bertz CT molecular complexity index is 275. The Kier molecular flexibility index (Phi) is 3.45. The maximum absolute atomic E-state index is 5.98. The van der Waals surface area contributed by atoms with Gasteiger partial charge in [0.2, 0.25) is 0 Å². The molecule has 0 spiro atoms. The van der Waals surface area contributed by atoms with Crippen molar-refractivity contribution >= 4 is 0 Å². The van der Waals surface area contributed by atoms with Crippen molar-refractivity contribution in [1.82, 2.24) is 4.90 Å². The third-order valence-electron chi connectivity index (χ3n) is 3.99. The van der Waals surface area contributed by atoms with Crippen LogP contribution >= 0.6 is 0 Å². The minimum absolute atomic E-state index is 0.0855. The number of hydrogen-bond donors (Lipinski definition) is 1. The summed E-state index contributed by atoms with van der Waals surface area (Å²) in [7, 11) is 0. The average Bonchev–Trinajstić information content (AvgIpc) is 2.44. The largest absolute Gasteiger partial charge is 0.402 e. The van der Waals surface area contributed by atoms with Gasteiger partial charge in [-0.25, -0.2) is 0 Å². The van der Waals surface area contributed by atoms with Gasteiger partial charge in [-0.2, -0.15) is 0 Å². The molecule has 94 valence electrons. The molecular weight excluding hydrogens is 196 g/mol. The lowest BCUT2D eigenvalue weighted by atomic mass is 9.83. The van der Waals surface area contributed by atoms with Crippen LogP contribution in [0, 0.1) is 11.3 Å². The van der Waals surface area contributed by atoms with E-state index in [0.717, 1.165) is 18.7 Å². The van der Waals surface area contributed by atoms with Crippen molar-refractivity contribution in [2.45, 2.75) is 59.5 Å². The van der Waals surface area contributed by atoms with Gasteiger partial charge in [-0.1, -0.05) is 27.4 Å². The highest BCUT2D eigenvalue weighted by molar-refractivity contribution is 5.13. The van der Waals surface area contributed by atoms with E-state index >= 15 is 0 Å². The van der Waals surface area contributed by atoms with Gasteiger partial charge < -0.3 is 5.73 Å². The van der Waals surface area contributed by atoms with Gasteiger partial charge in [0.1, 0.15) is 0 Å². The Hall–Kier alpha value is -0.500. The third kappa shape index (κ3) is 2.42. The topological polar surface area (TPSA) is 29.3 Å². The number of hydrogen-bond acceptors (Lipinski definition) is 2. The standard InChI is InChI=1S/C14H28N2/c1-10(2)12-8-14(7,11(3)15)9-16(12)13(4,5)6/h10,12H,3,8-9,15H2,1-2,4-7H3/t12?,14-/m1/s1. The molecule has 0 radical (unpaired) electrons. The van der Waals surface area contributed by atoms with E-state index in [0.29, 0.717) is 12.0 Å². The Morgan fingerprint density at radius 3 is 2.19 bits per heavy atom. The molecule has 0 aromatic rings. The van der Waals surface area contributed by atoms with Crippen LogP contribution in [-0.2, 0) is 0 Å². The van der Waals surface area contributed by atoms with Crippen molar-refractivity contribution in [3.05, 3.63) is 12.3 Å². The summed E-state index contributed by atoms with van der Waals surface area (Å²) in [5.74, 6) is 0.667. The molecule has 2 atom stereocenters. The number of nitrogens with zero attached hydrogens (tertiary/aromatic N) is 1. The second-order valence-electron chi connectivity index (χ2n) is 6.90. The summed E-state index contributed by atoms with van der Waals surface area (Å²) in [6, 6.07) is 0.616. The highest BCUT2D eigenvalue weighted by atomic mass is 15.2. The fraction of sp³-hybridized carbons (Fsp3) is 0.857. The van der Waals surface area contributed by atoms with Crippen molar-refractivity contribution in [3.8, 4) is 0 Å². The Balaban J connectivity index is 2.97. The fourth-order valence-electron chi connectivity index (χ4n) is 2.69. The molecule has 1 saturated heterocycles. The summed E-state index contributed by atoms with van der Waals surface area (Å²) in [6.07, 6.45) is 1.14. The molecule has 0 bridgehead atoms. The normalized spacial score (nSPS) is 32.3. The van der Waals surface area contributed by atoms with E-state index in [-0.39, 0.29) is 11.0 Å². The average molecular weight is 224 g/mol. The summed E-state index contributed by atoms with van der Waals surface area (Å²) < 4.78 is 0. The predicted molar refractivity (Wildman–Crippen MR) is 71.1 cm³/mol. The van der Waals surface area contributed by atoms with Gasteiger partial charge in [-0.3, -0.25) is 4.90 Å². The molecule has 0 saturated carbocycles. The van der Waals surface area contributed by atoms with Crippen molar-refractivity contribution in [1.29, 1.82) is 0 Å². The zero-order chi connectivity index (χ0) is 12.7. The molecule has 1 heterocycles. The molecule has 2 N–H and O–H groups in total. The lowest BCUT2D eigenvalue weighted by Gasteiger charge is -2.39. The number of rotatable bonds is 2. The minimum atomic E-state index is 0.0855. The molecule has 0 aromatic carbocycles. The molecule has 2 heteroatoms. The smallest absolute Gasteiger partial charge is 0.0207 e. The van der Waals surface area contributed by atoms with Gasteiger partial charge in [0.25, 0.3) is 0 Å². The first kappa shape index (κ1) is 13.6. The van der Waals surface area contributed by atoms with Gasteiger partial charge in [0, 0.05) is 29.2 Å². The lowest BCUT2D eigenvalue weighted by Crippen LogP contribution is -2.47. The first-order chi connectivity index (χ1) is 7.08. The highest BCUT2D eigenvalue weighted by Gasteiger charge is 2.46. The van der Waals surface area contributed by atoms with Crippen LogP contribution in [0.4, 0.5) is 0 Å². The molecule has 1 fully saturated rings. The van der Waals surface area contributed by atoms with Crippen molar-refractivity contribution in [3.63, 3.8) is 0 Å². The van der Waals surface area contributed by atoms with E-state index < -0.39 is 0 Å². The van der Waals surface area contributed by atoms with E-state index in [1.165, 1.54) is 0 Å². The Morgan fingerprint density at radius 2 is 1.94 bits per heavy atom. The van der Waals surface area contributed by atoms with Crippen LogP contribution in [0.25, 0.3) is 0 Å². The van der Waals surface area contributed by atoms with E-state index in [4.69, 9.17) is 5.73 Å². The van der Waals surface area contributed by atoms with Crippen molar-refractivity contribution in [2.75, 3.05) is 6.54 Å². The fourth-order valence-corrected chi connectivity index (χ4v) is 2.69. The van der Waals surface area contributed by atoms with Gasteiger partial charge in [0.05, 0.1) is 0 Å². The molecule has 16 heavy (non-hydrogen) atoms. The van der Waals surface area contributed by atoms with Crippen LogP contribution in [-0.4, -0.2) is 23.0 Å². The maximum Gasteiger partial charge on any atom is 0.0207 e. The first-order valence-electron chi connectivity index (χ1n) is 6.29. The zero-order valence-corrected chi connectivity index (χ0v) is 11.8.